The molecule has 3 amide bonds. The molecule has 1 aromatic carbocycles. The molecule has 1 aliphatic rings. The molecule has 3 rings (SSSR count). The van der Waals surface area contributed by atoms with E-state index >= 15 is 0 Å². The highest BCUT2D eigenvalue weighted by molar-refractivity contribution is 6.29. The number of nitrogens with zero attached hydrogens (tertiary/aromatic N) is 1. The fourth-order valence-corrected chi connectivity index (χ4v) is 3.26. The van der Waals surface area contributed by atoms with Gasteiger partial charge < -0.3 is 5.32 Å². The third-order valence-corrected chi connectivity index (χ3v) is 4.98. The second-order valence-corrected chi connectivity index (χ2v) is 6.60. The lowest BCUT2D eigenvalue weighted by Gasteiger charge is -2.35. The quantitative estimate of drug-likeness (QED) is 0.638. The smallest absolute Gasteiger partial charge is 0.257 e. The van der Waals surface area contributed by atoms with Crippen LogP contribution in [0.5, 0.6) is 0 Å². The van der Waals surface area contributed by atoms with E-state index in [1.807, 2.05) is 19.1 Å². The van der Waals surface area contributed by atoms with Gasteiger partial charge in [0, 0.05) is 18.3 Å². The number of imide groups is 1. The number of nitrogens with one attached hydrogen (secondary N) is 2. The molecule has 2 N–H and O–H groups in total. The third-order valence-electron chi connectivity index (χ3n) is 4.75. The number of rotatable bonds is 4. The Morgan fingerprint density at radius 1 is 1.23 bits per heavy atom. The van der Waals surface area contributed by atoms with Crippen molar-refractivity contribution in [2.75, 3.05) is 5.32 Å². The SMILES string of the molecule is CCC1(c2ccc(NC(=O)c3ccc(Cl)nc3)cc2)CCC(=O)NC1=O. The predicted molar refractivity (Wildman–Crippen MR) is 98.0 cm³/mol. The molecule has 1 aliphatic heterocycles. The fraction of sp³-hybridized carbons (Fsp3) is 0.263. The Hall–Kier alpha value is -2.73. The number of carbonyl (C=O) groups is 3. The first-order valence-electron chi connectivity index (χ1n) is 8.32. The van der Waals surface area contributed by atoms with Gasteiger partial charge in [0.1, 0.15) is 5.15 Å². The van der Waals surface area contributed by atoms with Gasteiger partial charge in [-0.3, -0.25) is 19.7 Å². The summed E-state index contributed by atoms with van der Waals surface area (Å²) >= 11 is 5.72. The van der Waals surface area contributed by atoms with Crippen molar-refractivity contribution >= 4 is 35.0 Å². The maximum absolute atomic E-state index is 12.4. The highest BCUT2D eigenvalue weighted by Crippen LogP contribution is 2.36. The van der Waals surface area contributed by atoms with Gasteiger partial charge in [0.25, 0.3) is 5.91 Å². The predicted octanol–water partition coefficient (Wildman–Crippen LogP) is 3.07. The van der Waals surface area contributed by atoms with Crippen molar-refractivity contribution in [3.05, 3.63) is 58.9 Å². The average Bonchev–Trinajstić information content (AvgIpc) is 2.64. The molecule has 6 nitrogen and oxygen atoms in total. The molecule has 0 bridgehead atoms. The molecule has 2 heterocycles. The number of carbonyl (C=O) groups excluding carboxylic acids is 3. The lowest BCUT2D eigenvalue weighted by atomic mass is 9.72. The van der Waals surface area contributed by atoms with Crippen LogP contribution >= 0.6 is 11.6 Å². The van der Waals surface area contributed by atoms with E-state index in [1.165, 1.54) is 6.20 Å². The van der Waals surface area contributed by atoms with Crippen LogP contribution in [-0.4, -0.2) is 22.7 Å². The van der Waals surface area contributed by atoms with Crippen molar-refractivity contribution in [3.8, 4) is 0 Å². The minimum absolute atomic E-state index is 0.237. The third kappa shape index (κ3) is 3.46. The van der Waals surface area contributed by atoms with Crippen LogP contribution in [0, 0.1) is 0 Å². The van der Waals surface area contributed by atoms with Crippen LogP contribution < -0.4 is 10.6 Å². The molecule has 7 heteroatoms. The zero-order valence-electron chi connectivity index (χ0n) is 14.2. The number of anilines is 1. The van der Waals surface area contributed by atoms with Gasteiger partial charge in [-0.15, -0.1) is 0 Å². The summed E-state index contributed by atoms with van der Waals surface area (Å²) in [6, 6.07) is 10.3. The van der Waals surface area contributed by atoms with Crippen LogP contribution in [0.4, 0.5) is 5.69 Å². The normalized spacial score (nSPS) is 19.8. The summed E-state index contributed by atoms with van der Waals surface area (Å²) in [6.45, 7) is 1.93. The van der Waals surface area contributed by atoms with Gasteiger partial charge in [-0.25, -0.2) is 4.98 Å². The average molecular weight is 372 g/mol. The van der Waals surface area contributed by atoms with Gasteiger partial charge >= 0.3 is 0 Å². The zero-order chi connectivity index (χ0) is 18.7. The van der Waals surface area contributed by atoms with E-state index in [1.54, 1.807) is 24.3 Å². The second-order valence-electron chi connectivity index (χ2n) is 6.21. The number of halogens is 1. The van der Waals surface area contributed by atoms with Crippen molar-refractivity contribution in [1.29, 1.82) is 0 Å². The van der Waals surface area contributed by atoms with Crippen LogP contribution in [0.2, 0.25) is 5.15 Å². The Bertz CT molecular complexity index is 849. The highest BCUT2D eigenvalue weighted by Gasteiger charge is 2.42. The molecule has 0 saturated carbocycles. The Morgan fingerprint density at radius 2 is 1.96 bits per heavy atom. The van der Waals surface area contributed by atoms with E-state index in [4.69, 9.17) is 11.6 Å². The van der Waals surface area contributed by atoms with Gasteiger partial charge in [-0.1, -0.05) is 30.7 Å². The standard InChI is InChI=1S/C19H18ClN3O3/c1-2-19(10-9-16(24)23-18(19)26)13-4-6-14(7-5-13)22-17(25)12-3-8-15(20)21-11-12/h3-8,11H,2,9-10H2,1H3,(H,22,25)(H,23,24,26). The number of aromatic nitrogens is 1. The van der Waals surface area contributed by atoms with E-state index < -0.39 is 5.41 Å². The summed E-state index contributed by atoms with van der Waals surface area (Å²) in [7, 11) is 0. The molecule has 134 valence electrons. The fourth-order valence-electron chi connectivity index (χ4n) is 3.15. The maximum atomic E-state index is 12.4. The molecular formula is C19H18ClN3O3. The molecule has 0 radical (unpaired) electrons. The minimum atomic E-state index is -0.712. The largest absolute Gasteiger partial charge is 0.322 e. The van der Waals surface area contributed by atoms with E-state index in [0.29, 0.717) is 35.7 Å². The van der Waals surface area contributed by atoms with Crippen molar-refractivity contribution in [2.24, 2.45) is 0 Å². The van der Waals surface area contributed by atoms with Crippen LogP contribution in [0.25, 0.3) is 0 Å². The Morgan fingerprint density at radius 3 is 2.54 bits per heavy atom. The lowest BCUT2D eigenvalue weighted by Crippen LogP contribution is -2.51. The summed E-state index contributed by atoms with van der Waals surface area (Å²) in [5.74, 6) is -0.798. The van der Waals surface area contributed by atoms with Crippen molar-refractivity contribution < 1.29 is 14.4 Å². The highest BCUT2D eigenvalue weighted by atomic mass is 35.5. The van der Waals surface area contributed by atoms with Gasteiger partial charge in [-0.2, -0.15) is 0 Å². The summed E-state index contributed by atoms with van der Waals surface area (Å²) in [4.78, 5) is 40.0. The monoisotopic (exact) mass is 371 g/mol. The maximum Gasteiger partial charge on any atom is 0.257 e. The Labute approximate surface area is 156 Å². The van der Waals surface area contributed by atoms with Gasteiger partial charge in [-0.05, 0) is 42.7 Å². The van der Waals surface area contributed by atoms with Crippen molar-refractivity contribution in [2.45, 2.75) is 31.6 Å². The molecule has 0 aliphatic carbocycles. The first kappa shape index (κ1) is 18.1. The first-order valence-corrected chi connectivity index (χ1v) is 8.70. The molecule has 1 unspecified atom stereocenters. The molecule has 26 heavy (non-hydrogen) atoms. The summed E-state index contributed by atoms with van der Waals surface area (Å²) in [5, 5.41) is 5.53. The topological polar surface area (TPSA) is 88.2 Å². The summed E-state index contributed by atoms with van der Waals surface area (Å²) in [6.07, 6.45) is 2.80. The van der Waals surface area contributed by atoms with Crippen molar-refractivity contribution in [3.63, 3.8) is 0 Å². The van der Waals surface area contributed by atoms with Crippen LogP contribution in [-0.2, 0) is 15.0 Å². The molecule has 1 fully saturated rings. The Kier molecular flexibility index (Phi) is 5.04. The van der Waals surface area contributed by atoms with Gasteiger partial charge in [0.2, 0.25) is 11.8 Å². The van der Waals surface area contributed by atoms with Gasteiger partial charge in [0.05, 0.1) is 11.0 Å². The van der Waals surface area contributed by atoms with Gasteiger partial charge in [0.15, 0.2) is 0 Å². The van der Waals surface area contributed by atoms with Crippen LogP contribution in [0.1, 0.15) is 42.1 Å². The number of amides is 3. The molecular weight excluding hydrogens is 354 g/mol. The van der Waals surface area contributed by atoms with E-state index in [-0.39, 0.29) is 17.7 Å². The zero-order valence-corrected chi connectivity index (χ0v) is 15.0. The number of benzene rings is 1. The number of hydrogen-bond donors (Lipinski definition) is 2. The lowest BCUT2D eigenvalue weighted by molar-refractivity contribution is -0.138. The number of pyridine rings is 1. The molecule has 0 spiro atoms. The van der Waals surface area contributed by atoms with E-state index in [2.05, 4.69) is 15.6 Å². The summed E-state index contributed by atoms with van der Waals surface area (Å²) < 4.78 is 0. The Balaban J connectivity index is 1.77. The molecule has 1 saturated heterocycles. The number of hydrogen-bond acceptors (Lipinski definition) is 4. The first-order chi connectivity index (χ1) is 12.4. The van der Waals surface area contributed by atoms with E-state index in [0.717, 1.165) is 5.56 Å². The van der Waals surface area contributed by atoms with Crippen LogP contribution in [0.3, 0.4) is 0 Å². The molecule has 1 aromatic heterocycles. The summed E-state index contributed by atoms with van der Waals surface area (Å²) in [5.41, 5.74) is 1.12. The van der Waals surface area contributed by atoms with Crippen molar-refractivity contribution in [1.82, 2.24) is 10.3 Å². The van der Waals surface area contributed by atoms with Crippen LogP contribution in [0.15, 0.2) is 42.6 Å². The molecule has 2 aromatic rings. The number of piperidine rings is 1. The van der Waals surface area contributed by atoms with E-state index in [9.17, 15) is 14.4 Å². The minimum Gasteiger partial charge on any atom is -0.322 e. The molecule has 1 atom stereocenters. The second kappa shape index (κ2) is 7.25.